The minimum absolute atomic E-state index is 0.120. The van der Waals surface area contributed by atoms with Gasteiger partial charge in [0.15, 0.2) is 6.61 Å². The number of halogens is 1. The molecule has 0 aliphatic carbocycles. The molecule has 0 aromatic heterocycles. The van der Waals surface area contributed by atoms with E-state index in [-0.39, 0.29) is 18.3 Å². The van der Waals surface area contributed by atoms with Crippen molar-refractivity contribution in [2.75, 3.05) is 6.61 Å². The summed E-state index contributed by atoms with van der Waals surface area (Å²) in [6, 6.07) is 10.8. The maximum Gasteiger partial charge on any atom is 0.258 e. The Morgan fingerprint density at radius 3 is 2.54 bits per heavy atom. The zero-order valence-electron chi connectivity index (χ0n) is 13.5. The van der Waals surface area contributed by atoms with Gasteiger partial charge in [0, 0.05) is 5.02 Å². The lowest BCUT2D eigenvalue weighted by molar-refractivity contribution is -0.124. The van der Waals surface area contributed by atoms with E-state index in [0.717, 1.165) is 5.56 Å². The number of carbonyl (C=O) groups is 1. The number of benzene rings is 2. The maximum atomic E-state index is 12.0. The Balaban J connectivity index is 1.86. The second-order valence-electron chi connectivity index (χ2n) is 5.59. The predicted molar refractivity (Wildman–Crippen MR) is 92.4 cm³/mol. The quantitative estimate of drug-likeness (QED) is 0.749. The Kier molecular flexibility index (Phi) is 6.06. The zero-order valence-corrected chi connectivity index (χ0v) is 14.2. The number of nitrogens with one attached hydrogen (secondary N) is 1. The van der Waals surface area contributed by atoms with Gasteiger partial charge in [0.05, 0.1) is 12.1 Å². The molecule has 0 bridgehead atoms. The van der Waals surface area contributed by atoms with Crippen LogP contribution in [-0.4, -0.2) is 28.8 Å². The number of ether oxygens (including phenoxy) is 1. The number of hydrogen-bond donors (Lipinski definition) is 3. The number of aliphatic hydroxyl groups is 1. The second-order valence-corrected chi connectivity index (χ2v) is 6.00. The van der Waals surface area contributed by atoms with Crippen molar-refractivity contribution in [1.29, 1.82) is 0 Å². The van der Waals surface area contributed by atoms with Crippen LogP contribution >= 0.6 is 11.6 Å². The van der Waals surface area contributed by atoms with E-state index < -0.39 is 12.1 Å². The normalized spacial score (nSPS) is 13.2. The Labute approximate surface area is 145 Å². The first kappa shape index (κ1) is 18.1. The van der Waals surface area contributed by atoms with E-state index in [1.54, 1.807) is 37.3 Å². The van der Waals surface area contributed by atoms with E-state index in [1.165, 1.54) is 12.1 Å². The zero-order chi connectivity index (χ0) is 17.7. The van der Waals surface area contributed by atoms with Crippen LogP contribution in [0.3, 0.4) is 0 Å². The Morgan fingerprint density at radius 2 is 1.92 bits per heavy atom. The van der Waals surface area contributed by atoms with E-state index in [2.05, 4.69) is 5.32 Å². The summed E-state index contributed by atoms with van der Waals surface area (Å²) < 4.78 is 5.42. The summed E-state index contributed by atoms with van der Waals surface area (Å²) in [7, 11) is 0. The van der Waals surface area contributed by atoms with Gasteiger partial charge in [-0.05, 0) is 55.3 Å². The molecule has 0 radical (unpaired) electrons. The third kappa shape index (κ3) is 4.88. The van der Waals surface area contributed by atoms with Gasteiger partial charge in [0.1, 0.15) is 11.5 Å². The minimum Gasteiger partial charge on any atom is -0.508 e. The summed E-state index contributed by atoms with van der Waals surface area (Å²) >= 11 is 5.94. The summed E-state index contributed by atoms with van der Waals surface area (Å²) in [5, 5.41) is 22.8. The van der Waals surface area contributed by atoms with Crippen LogP contribution in [-0.2, 0) is 4.79 Å². The SMILES string of the molecule is Cc1cc(OCC(=O)NC(C)C(O)c2ccc(O)cc2)ccc1Cl. The molecule has 0 saturated heterocycles. The molecular weight excluding hydrogens is 330 g/mol. The van der Waals surface area contributed by atoms with Crippen molar-refractivity contribution in [2.45, 2.75) is 26.0 Å². The molecule has 0 saturated carbocycles. The van der Waals surface area contributed by atoms with Gasteiger partial charge in [-0.3, -0.25) is 4.79 Å². The highest BCUT2D eigenvalue weighted by Crippen LogP contribution is 2.21. The van der Waals surface area contributed by atoms with Crippen molar-refractivity contribution >= 4 is 17.5 Å². The van der Waals surface area contributed by atoms with Crippen LogP contribution in [0.15, 0.2) is 42.5 Å². The fraction of sp³-hybridized carbons (Fsp3) is 0.278. The molecule has 1 amide bonds. The fourth-order valence-electron chi connectivity index (χ4n) is 2.19. The third-order valence-corrected chi connectivity index (χ3v) is 4.02. The number of aryl methyl sites for hydroxylation is 1. The Hall–Kier alpha value is -2.24. The number of rotatable bonds is 6. The van der Waals surface area contributed by atoms with Gasteiger partial charge in [-0.15, -0.1) is 0 Å². The number of carbonyl (C=O) groups excluding carboxylic acids is 1. The lowest BCUT2D eigenvalue weighted by atomic mass is 10.0. The molecule has 0 aliphatic rings. The van der Waals surface area contributed by atoms with Gasteiger partial charge in [-0.25, -0.2) is 0 Å². The number of aliphatic hydroxyl groups excluding tert-OH is 1. The van der Waals surface area contributed by atoms with Crippen molar-refractivity contribution in [3.05, 3.63) is 58.6 Å². The minimum atomic E-state index is -0.882. The van der Waals surface area contributed by atoms with E-state index in [1.807, 2.05) is 6.92 Å². The topological polar surface area (TPSA) is 78.8 Å². The molecule has 2 aromatic rings. The van der Waals surface area contributed by atoms with Gasteiger partial charge in [-0.2, -0.15) is 0 Å². The van der Waals surface area contributed by atoms with Crippen molar-refractivity contribution in [1.82, 2.24) is 5.32 Å². The summed E-state index contributed by atoms with van der Waals surface area (Å²) in [5.74, 6) is 0.334. The molecule has 0 aliphatic heterocycles. The molecule has 128 valence electrons. The van der Waals surface area contributed by atoms with E-state index in [0.29, 0.717) is 16.3 Å². The van der Waals surface area contributed by atoms with E-state index in [4.69, 9.17) is 16.3 Å². The van der Waals surface area contributed by atoms with Gasteiger partial charge in [0.2, 0.25) is 0 Å². The number of phenols is 1. The van der Waals surface area contributed by atoms with Crippen LogP contribution in [0.25, 0.3) is 0 Å². The first-order chi connectivity index (χ1) is 11.4. The molecule has 5 nitrogen and oxygen atoms in total. The van der Waals surface area contributed by atoms with Crippen molar-refractivity contribution < 1.29 is 19.7 Å². The summed E-state index contributed by atoms with van der Waals surface area (Å²) in [6.07, 6.45) is -0.882. The summed E-state index contributed by atoms with van der Waals surface area (Å²) in [6.45, 7) is 3.39. The lowest BCUT2D eigenvalue weighted by Gasteiger charge is -2.20. The largest absolute Gasteiger partial charge is 0.508 e. The molecule has 3 N–H and O–H groups in total. The highest BCUT2D eigenvalue weighted by molar-refractivity contribution is 6.31. The predicted octanol–water partition coefficient (Wildman–Crippen LogP) is 2.97. The number of phenolic OH excluding ortho intramolecular Hbond substituents is 1. The highest BCUT2D eigenvalue weighted by Gasteiger charge is 2.18. The van der Waals surface area contributed by atoms with Gasteiger partial charge < -0.3 is 20.3 Å². The van der Waals surface area contributed by atoms with Crippen LogP contribution in [0.1, 0.15) is 24.2 Å². The Morgan fingerprint density at radius 1 is 1.25 bits per heavy atom. The number of aromatic hydroxyl groups is 1. The maximum absolute atomic E-state index is 12.0. The average molecular weight is 350 g/mol. The highest BCUT2D eigenvalue weighted by atomic mass is 35.5. The fourth-order valence-corrected chi connectivity index (χ4v) is 2.31. The van der Waals surface area contributed by atoms with Crippen LogP contribution in [0.2, 0.25) is 5.02 Å². The molecule has 0 spiro atoms. The van der Waals surface area contributed by atoms with Crippen molar-refractivity contribution in [2.24, 2.45) is 0 Å². The smallest absolute Gasteiger partial charge is 0.258 e. The van der Waals surface area contributed by atoms with Crippen LogP contribution in [0, 0.1) is 6.92 Å². The summed E-state index contributed by atoms with van der Waals surface area (Å²) in [4.78, 5) is 12.0. The first-order valence-corrected chi connectivity index (χ1v) is 7.90. The van der Waals surface area contributed by atoms with Crippen LogP contribution < -0.4 is 10.1 Å². The number of hydrogen-bond acceptors (Lipinski definition) is 4. The molecule has 2 atom stereocenters. The molecule has 0 fully saturated rings. The van der Waals surface area contributed by atoms with Crippen LogP contribution in [0.4, 0.5) is 0 Å². The molecule has 6 heteroatoms. The van der Waals surface area contributed by atoms with E-state index in [9.17, 15) is 15.0 Å². The third-order valence-electron chi connectivity index (χ3n) is 3.60. The Bertz CT molecular complexity index is 703. The number of amides is 1. The van der Waals surface area contributed by atoms with Crippen molar-refractivity contribution in [3.63, 3.8) is 0 Å². The average Bonchev–Trinajstić information content (AvgIpc) is 2.56. The lowest BCUT2D eigenvalue weighted by Crippen LogP contribution is -2.39. The second kappa shape index (κ2) is 8.04. The standard InChI is InChI=1S/C18H20ClNO4/c1-11-9-15(7-8-16(11)19)24-10-17(22)20-12(2)18(23)13-3-5-14(21)6-4-13/h3-9,12,18,21,23H,10H2,1-2H3,(H,20,22). The molecule has 2 rings (SSSR count). The van der Waals surface area contributed by atoms with Crippen molar-refractivity contribution in [3.8, 4) is 11.5 Å². The van der Waals surface area contributed by atoms with Gasteiger partial charge >= 0.3 is 0 Å². The molecule has 2 unspecified atom stereocenters. The molecule has 0 heterocycles. The summed E-state index contributed by atoms with van der Waals surface area (Å²) in [5.41, 5.74) is 1.47. The van der Waals surface area contributed by atoms with Gasteiger partial charge in [0.25, 0.3) is 5.91 Å². The van der Waals surface area contributed by atoms with Gasteiger partial charge in [-0.1, -0.05) is 23.7 Å². The molecular formula is C18H20ClNO4. The molecule has 2 aromatic carbocycles. The first-order valence-electron chi connectivity index (χ1n) is 7.52. The van der Waals surface area contributed by atoms with E-state index >= 15 is 0 Å². The van der Waals surface area contributed by atoms with Crippen LogP contribution in [0.5, 0.6) is 11.5 Å². The monoisotopic (exact) mass is 349 g/mol. The molecule has 24 heavy (non-hydrogen) atoms.